The van der Waals surface area contributed by atoms with Crippen molar-refractivity contribution in [3.05, 3.63) is 45.0 Å². The lowest BCUT2D eigenvalue weighted by molar-refractivity contribution is -0.125. The molecule has 0 saturated carbocycles. The van der Waals surface area contributed by atoms with Crippen molar-refractivity contribution in [1.82, 2.24) is 0 Å². The van der Waals surface area contributed by atoms with Crippen molar-refractivity contribution in [2.75, 3.05) is 0 Å². The van der Waals surface area contributed by atoms with Crippen molar-refractivity contribution in [3.8, 4) is 0 Å². The second kappa shape index (κ2) is 11.2. The Balaban J connectivity index is 1.89. The number of Topliss-reactive ketones (excluding diaryl/α,β-unsaturated/α-hetero) is 3. The molecule has 3 nitrogen and oxygen atoms in total. The molecule has 0 aliphatic heterocycles. The van der Waals surface area contributed by atoms with E-state index in [4.69, 9.17) is 0 Å². The molecule has 0 amide bonds. The van der Waals surface area contributed by atoms with Crippen LogP contribution < -0.4 is 0 Å². The number of ketones is 3. The molecule has 0 bridgehead atoms. The molecule has 0 aromatic heterocycles. The van der Waals surface area contributed by atoms with Crippen molar-refractivity contribution in [3.63, 3.8) is 0 Å². The number of carbonyl (C=O) groups is 3. The molecule has 36 heavy (non-hydrogen) atoms. The molecule has 1 aromatic carbocycles. The predicted molar refractivity (Wildman–Crippen MR) is 149 cm³/mol. The molecule has 3 atom stereocenters. The Hall–Kier alpha value is -2.03. The van der Waals surface area contributed by atoms with Gasteiger partial charge in [0.2, 0.25) is 0 Å². The standard InChI is InChI=1S/C33H48O3/c1-10-26-25(14-20(4)30(22(6)34)32(26)36)15-23-16-28-27(19(2)3)18-24(12-11-13-33(7,8)9)21(5)31(28)29(35)17-23/h18-19,23,25-26H,10-17H2,1-9H3. The maximum atomic E-state index is 13.6. The molecule has 0 N–H and O–H groups in total. The van der Waals surface area contributed by atoms with E-state index in [0.717, 1.165) is 49.7 Å². The van der Waals surface area contributed by atoms with Crippen LogP contribution in [0.15, 0.2) is 17.2 Å². The first-order valence-corrected chi connectivity index (χ1v) is 14.2. The smallest absolute Gasteiger partial charge is 0.169 e. The maximum absolute atomic E-state index is 13.6. The van der Waals surface area contributed by atoms with Crippen LogP contribution in [0.25, 0.3) is 0 Å². The highest BCUT2D eigenvalue weighted by molar-refractivity contribution is 6.21. The second-order valence-corrected chi connectivity index (χ2v) is 13.2. The lowest BCUT2D eigenvalue weighted by Gasteiger charge is -2.36. The minimum absolute atomic E-state index is 0.0277. The molecular formula is C33H48O3. The average Bonchev–Trinajstić information content (AvgIpc) is 2.73. The van der Waals surface area contributed by atoms with Gasteiger partial charge in [0.05, 0.1) is 5.57 Å². The minimum Gasteiger partial charge on any atom is -0.294 e. The van der Waals surface area contributed by atoms with E-state index in [1.807, 2.05) is 6.92 Å². The molecule has 3 unspecified atom stereocenters. The first-order valence-electron chi connectivity index (χ1n) is 14.2. The number of fused-ring (bicyclic) bond motifs is 1. The van der Waals surface area contributed by atoms with Crippen LogP contribution in [0.2, 0.25) is 0 Å². The normalized spacial score (nSPS) is 22.9. The number of carbonyl (C=O) groups excluding carboxylic acids is 3. The van der Waals surface area contributed by atoms with Crippen molar-refractivity contribution >= 4 is 17.3 Å². The molecule has 3 heteroatoms. The molecule has 1 aromatic rings. The number of hydrogen-bond acceptors (Lipinski definition) is 3. The Morgan fingerprint density at radius 1 is 1.08 bits per heavy atom. The Bertz CT molecular complexity index is 1060. The van der Waals surface area contributed by atoms with Gasteiger partial charge < -0.3 is 0 Å². The summed E-state index contributed by atoms with van der Waals surface area (Å²) in [6.45, 7) is 19.0. The summed E-state index contributed by atoms with van der Waals surface area (Å²) in [4.78, 5) is 38.9. The van der Waals surface area contributed by atoms with Crippen molar-refractivity contribution in [2.24, 2.45) is 23.2 Å². The third-order valence-electron chi connectivity index (χ3n) is 8.65. The van der Waals surface area contributed by atoms with Gasteiger partial charge in [-0.25, -0.2) is 0 Å². The van der Waals surface area contributed by atoms with E-state index >= 15 is 0 Å². The van der Waals surface area contributed by atoms with Gasteiger partial charge in [0.25, 0.3) is 0 Å². The summed E-state index contributed by atoms with van der Waals surface area (Å²) in [7, 11) is 0. The van der Waals surface area contributed by atoms with Crippen LogP contribution in [0.4, 0.5) is 0 Å². The molecule has 0 radical (unpaired) electrons. The third-order valence-corrected chi connectivity index (χ3v) is 8.65. The van der Waals surface area contributed by atoms with E-state index in [9.17, 15) is 14.4 Å². The molecule has 0 saturated heterocycles. The predicted octanol–water partition coefficient (Wildman–Crippen LogP) is 8.14. The van der Waals surface area contributed by atoms with Gasteiger partial charge in [-0.1, -0.05) is 53.2 Å². The van der Waals surface area contributed by atoms with E-state index in [1.54, 1.807) is 0 Å². The first kappa shape index (κ1) is 28.5. The minimum atomic E-state index is -0.111. The fraction of sp³-hybridized carbons (Fsp3) is 0.667. The molecule has 2 aliphatic rings. The van der Waals surface area contributed by atoms with Gasteiger partial charge >= 0.3 is 0 Å². The van der Waals surface area contributed by atoms with Crippen molar-refractivity contribution in [1.29, 1.82) is 0 Å². The molecular weight excluding hydrogens is 444 g/mol. The summed E-state index contributed by atoms with van der Waals surface area (Å²) < 4.78 is 0. The van der Waals surface area contributed by atoms with Crippen LogP contribution in [0.3, 0.4) is 0 Å². The Morgan fingerprint density at radius 3 is 2.31 bits per heavy atom. The van der Waals surface area contributed by atoms with E-state index < -0.39 is 0 Å². The SMILES string of the molecule is CCC1C(=O)C(C(C)=O)=C(C)CC1CC1CC(=O)c2c(C)c(CCCC(C)(C)C)cc(C(C)C)c2C1. The van der Waals surface area contributed by atoms with E-state index in [2.05, 4.69) is 54.5 Å². The molecule has 198 valence electrons. The molecule has 0 heterocycles. The molecule has 2 aliphatic carbocycles. The molecule has 0 spiro atoms. The third kappa shape index (κ3) is 6.09. The first-order chi connectivity index (χ1) is 16.7. The summed E-state index contributed by atoms with van der Waals surface area (Å²) in [5, 5.41) is 0. The topological polar surface area (TPSA) is 51.2 Å². The van der Waals surface area contributed by atoms with Crippen molar-refractivity contribution in [2.45, 2.75) is 120 Å². The lowest BCUT2D eigenvalue weighted by Crippen LogP contribution is -2.35. The van der Waals surface area contributed by atoms with Crippen LogP contribution in [-0.4, -0.2) is 17.3 Å². The summed E-state index contributed by atoms with van der Waals surface area (Å²) in [6.07, 6.45) is 7.25. The Labute approximate surface area is 219 Å². The monoisotopic (exact) mass is 492 g/mol. The fourth-order valence-corrected chi connectivity index (χ4v) is 6.90. The number of benzene rings is 1. The Kier molecular flexibility index (Phi) is 8.84. The number of rotatable bonds is 8. The highest BCUT2D eigenvalue weighted by Crippen LogP contribution is 2.42. The highest BCUT2D eigenvalue weighted by Gasteiger charge is 2.39. The van der Waals surface area contributed by atoms with Crippen molar-refractivity contribution < 1.29 is 14.4 Å². The van der Waals surface area contributed by atoms with Gasteiger partial charge in [0, 0.05) is 17.9 Å². The van der Waals surface area contributed by atoms with Gasteiger partial charge in [-0.15, -0.1) is 0 Å². The summed E-state index contributed by atoms with van der Waals surface area (Å²) in [6, 6.07) is 2.39. The van der Waals surface area contributed by atoms with Gasteiger partial charge in [0.15, 0.2) is 17.3 Å². The zero-order chi connectivity index (χ0) is 26.9. The Morgan fingerprint density at radius 2 is 1.75 bits per heavy atom. The quantitative estimate of drug-likeness (QED) is 0.344. The van der Waals surface area contributed by atoms with E-state index in [-0.39, 0.29) is 35.1 Å². The largest absolute Gasteiger partial charge is 0.294 e. The van der Waals surface area contributed by atoms with Gasteiger partial charge in [-0.05, 0) is 111 Å². The average molecular weight is 493 g/mol. The van der Waals surface area contributed by atoms with Gasteiger partial charge in [-0.2, -0.15) is 0 Å². The fourth-order valence-electron chi connectivity index (χ4n) is 6.90. The van der Waals surface area contributed by atoms with Gasteiger partial charge in [-0.3, -0.25) is 14.4 Å². The van der Waals surface area contributed by atoms with Crippen LogP contribution >= 0.6 is 0 Å². The summed E-state index contributed by atoms with van der Waals surface area (Å²) >= 11 is 0. The highest BCUT2D eigenvalue weighted by atomic mass is 16.1. The number of allylic oxidation sites excluding steroid dienone is 2. The van der Waals surface area contributed by atoms with Gasteiger partial charge in [0.1, 0.15) is 0 Å². The van der Waals surface area contributed by atoms with Crippen LogP contribution in [0, 0.1) is 30.1 Å². The lowest BCUT2D eigenvalue weighted by atomic mass is 9.67. The van der Waals surface area contributed by atoms with Crippen LogP contribution in [0.5, 0.6) is 0 Å². The zero-order valence-corrected chi connectivity index (χ0v) is 24.3. The van der Waals surface area contributed by atoms with E-state index in [1.165, 1.54) is 35.6 Å². The maximum Gasteiger partial charge on any atom is 0.169 e. The van der Waals surface area contributed by atoms with Crippen LogP contribution in [-0.2, 0) is 22.4 Å². The van der Waals surface area contributed by atoms with Crippen LogP contribution in [0.1, 0.15) is 132 Å². The summed E-state index contributed by atoms with van der Waals surface area (Å²) in [5.74, 6) is 0.935. The second-order valence-electron chi connectivity index (χ2n) is 13.2. The molecule has 0 fully saturated rings. The number of hydrogen-bond donors (Lipinski definition) is 0. The van der Waals surface area contributed by atoms with E-state index in [0.29, 0.717) is 23.3 Å². The summed E-state index contributed by atoms with van der Waals surface area (Å²) in [5.41, 5.74) is 7.80. The number of aryl methyl sites for hydroxylation is 1. The zero-order valence-electron chi connectivity index (χ0n) is 24.3. The molecule has 3 rings (SSSR count).